The normalized spacial score (nSPS) is 14.6. The summed E-state index contributed by atoms with van der Waals surface area (Å²) in [6, 6.07) is 8.59. The zero-order chi connectivity index (χ0) is 17.6. The zero-order valence-corrected chi connectivity index (χ0v) is 14.9. The molecular formula is C19H20ClN5. The van der Waals surface area contributed by atoms with Gasteiger partial charge in [0.1, 0.15) is 5.17 Å². The topological polar surface area (TPSA) is 45.8 Å². The van der Waals surface area contributed by atoms with E-state index >= 15 is 0 Å². The second kappa shape index (κ2) is 7.94. The third-order valence-electron chi connectivity index (χ3n) is 3.83. The molecule has 0 saturated heterocycles. The van der Waals surface area contributed by atoms with Crippen LogP contribution in [0.4, 0.5) is 0 Å². The van der Waals surface area contributed by atoms with Gasteiger partial charge >= 0.3 is 0 Å². The van der Waals surface area contributed by atoms with E-state index in [1.165, 1.54) is 11.1 Å². The fraction of sp³-hybridized carbons (Fsp3) is 0.211. The number of aliphatic imine (C=N–C) groups is 1. The molecule has 0 radical (unpaired) electrons. The van der Waals surface area contributed by atoms with E-state index in [0.717, 1.165) is 17.7 Å². The average Bonchev–Trinajstić information content (AvgIpc) is 3.09. The van der Waals surface area contributed by atoms with Crippen LogP contribution in [-0.4, -0.2) is 32.7 Å². The van der Waals surface area contributed by atoms with Crippen LogP contribution in [0.1, 0.15) is 23.6 Å². The number of nitrogens with zero attached hydrogens (tertiary/aromatic N) is 5. The number of allylic oxidation sites excluding steroid dienone is 1. The lowest BCUT2D eigenvalue weighted by Gasteiger charge is -2.18. The Balaban J connectivity index is 1.76. The van der Waals surface area contributed by atoms with Crippen molar-refractivity contribution in [2.24, 2.45) is 10.1 Å². The Labute approximate surface area is 152 Å². The molecule has 0 amide bonds. The van der Waals surface area contributed by atoms with Gasteiger partial charge in [-0.1, -0.05) is 49.4 Å². The van der Waals surface area contributed by atoms with Crippen molar-refractivity contribution in [3.8, 4) is 0 Å². The number of hydrazone groups is 1. The summed E-state index contributed by atoms with van der Waals surface area (Å²) in [5, 5.41) is 10.9. The third kappa shape index (κ3) is 4.45. The fourth-order valence-corrected chi connectivity index (χ4v) is 2.72. The Morgan fingerprint density at radius 1 is 1.28 bits per heavy atom. The van der Waals surface area contributed by atoms with Crippen LogP contribution in [0.15, 0.2) is 65.6 Å². The first kappa shape index (κ1) is 17.2. The molecule has 1 aliphatic heterocycles. The van der Waals surface area contributed by atoms with Crippen LogP contribution in [0.5, 0.6) is 0 Å². The van der Waals surface area contributed by atoms with Crippen molar-refractivity contribution in [3.05, 3.63) is 72.2 Å². The Morgan fingerprint density at radius 3 is 2.76 bits per heavy atom. The van der Waals surface area contributed by atoms with Crippen LogP contribution in [0.3, 0.4) is 0 Å². The van der Waals surface area contributed by atoms with Crippen LogP contribution in [-0.2, 0) is 13.0 Å². The molecule has 5 nitrogen and oxygen atoms in total. The van der Waals surface area contributed by atoms with Crippen LogP contribution >= 0.6 is 11.6 Å². The summed E-state index contributed by atoms with van der Waals surface area (Å²) < 4.78 is 1.90. The minimum atomic E-state index is 0.452. The van der Waals surface area contributed by atoms with Crippen LogP contribution in [0.2, 0.25) is 0 Å². The van der Waals surface area contributed by atoms with Gasteiger partial charge in [-0.3, -0.25) is 9.69 Å². The highest BCUT2D eigenvalue weighted by Crippen LogP contribution is 2.21. The first-order valence-corrected chi connectivity index (χ1v) is 8.53. The van der Waals surface area contributed by atoms with E-state index in [1.807, 2.05) is 17.1 Å². The molecule has 3 rings (SSSR count). The number of benzene rings is 1. The van der Waals surface area contributed by atoms with Gasteiger partial charge in [0.05, 0.1) is 31.2 Å². The van der Waals surface area contributed by atoms with E-state index < -0.39 is 0 Å². The Kier molecular flexibility index (Phi) is 5.46. The van der Waals surface area contributed by atoms with Gasteiger partial charge in [-0.25, -0.2) is 4.99 Å². The SMILES string of the molecule is C=C/C=N\N1C=C(c2cnn(Cc3ccc(CC)cc3)c2)N=C(Cl)C1. The standard InChI is InChI=1S/C19H20ClN5/c1-3-9-21-25-13-18(23-19(20)14-25)17-10-22-24(12-17)11-16-7-5-15(4-2)6-8-16/h3,5-10,12-13H,1,4,11,14H2,2H3/b21-9-. The Morgan fingerprint density at radius 2 is 2.04 bits per heavy atom. The second-order valence-corrected chi connectivity index (χ2v) is 6.13. The number of halogens is 1. The minimum absolute atomic E-state index is 0.452. The van der Waals surface area contributed by atoms with Crippen LogP contribution < -0.4 is 0 Å². The van der Waals surface area contributed by atoms with Gasteiger partial charge in [0.25, 0.3) is 0 Å². The van der Waals surface area contributed by atoms with Gasteiger partial charge in [0.2, 0.25) is 0 Å². The monoisotopic (exact) mass is 353 g/mol. The summed E-state index contributed by atoms with van der Waals surface area (Å²) in [6.45, 7) is 6.94. The molecule has 1 aliphatic rings. The number of aryl methyl sites for hydroxylation is 1. The van der Waals surface area contributed by atoms with Gasteiger partial charge in [-0.05, 0) is 23.6 Å². The van der Waals surface area contributed by atoms with E-state index in [4.69, 9.17) is 11.6 Å². The van der Waals surface area contributed by atoms with Crippen molar-refractivity contribution in [3.63, 3.8) is 0 Å². The molecule has 6 heteroatoms. The Bertz CT molecular complexity index is 830. The van der Waals surface area contributed by atoms with Crippen molar-refractivity contribution in [1.82, 2.24) is 14.8 Å². The molecule has 128 valence electrons. The lowest BCUT2D eigenvalue weighted by atomic mass is 10.1. The van der Waals surface area contributed by atoms with Crippen LogP contribution in [0, 0.1) is 0 Å². The molecule has 2 aromatic rings. The molecule has 0 bridgehead atoms. The predicted molar refractivity (Wildman–Crippen MR) is 104 cm³/mol. The summed E-state index contributed by atoms with van der Waals surface area (Å²) in [7, 11) is 0. The molecule has 0 fully saturated rings. The van der Waals surface area contributed by atoms with Gasteiger partial charge in [-0.15, -0.1) is 0 Å². The highest BCUT2D eigenvalue weighted by molar-refractivity contribution is 6.66. The van der Waals surface area contributed by atoms with Crippen molar-refractivity contribution in [2.75, 3.05) is 6.54 Å². The summed E-state index contributed by atoms with van der Waals surface area (Å²) in [5.74, 6) is 0. The summed E-state index contributed by atoms with van der Waals surface area (Å²) >= 11 is 6.14. The number of hydrogen-bond acceptors (Lipinski definition) is 4. The van der Waals surface area contributed by atoms with Crippen LogP contribution in [0.25, 0.3) is 5.70 Å². The fourth-order valence-electron chi connectivity index (χ4n) is 2.51. The van der Waals surface area contributed by atoms with E-state index in [1.54, 1.807) is 23.5 Å². The van der Waals surface area contributed by atoms with Crippen molar-refractivity contribution >= 4 is 28.7 Å². The highest BCUT2D eigenvalue weighted by atomic mass is 35.5. The van der Waals surface area contributed by atoms with Gasteiger partial charge in [-0.2, -0.15) is 10.2 Å². The number of rotatable bonds is 6. The highest BCUT2D eigenvalue weighted by Gasteiger charge is 2.14. The van der Waals surface area contributed by atoms with Crippen molar-refractivity contribution in [2.45, 2.75) is 19.9 Å². The predicted octanol–water partition coefficient (Wildman–Crippen LogP) is 3.92. The molecule has 0 N–H and O–H groups in total. The molecule has 0 unspecified atom stereocenters. The lowest BCUT2D eigenvalue weighted by Crippen LogP contribution is -2.20. The molecule has 2 heterocycles. The quantitative estimate of drug-likeness (QED) is 0.739. The third-order valence-corrected chi connectivity index (χ3v) is 4.03. The maximum absolute atomic E-state index is 6.14. The Hall–Kier alpha value is -2.66. The molecule has 1 aromatic heterocycles. The van der Waals surface area contributed by atoms with E-state index in [-0.39, 0.29) is 0 Å². The summed E-state index contributed by atoms with van der Waals surface area (Å²) in [4.78, 5) is 4.40. The molecule has 1 aromatic carbocycles. The smallest absolute Gasteiger partial charge is 0.128 e. The van der Waals surface area contributed by atoms with Crippen molar-refractivity contribution < 1.29 is 0 Å². The maximum atomic E-state index is 6.14. The first-order valence-electron chi connectivity index (χ1n) is 8.15. The van der Waals surface area contributed by atoms with E-state index in [0.29, 0.717) is 18.3 Å². The number of aromatic nitrogens is 2. The summed E-state index contributed by atoms with van der Waals surface area (Å²) in [6.07, 6.45) is 9.89. The molecule has 0 atom stereocenters. The van der Waals surface area contributed by atoms with Crippen molar-refractivity contribution in [1.29, 1.82) is 0 Å². The maximum Gasteiger partial charge on any atom is 0.128 e. The zero-order valence-electron chi connectivity index (χ0n) is 14.1. The average molecular weight is 354 g/mol. The largest absolute Gasteiger partial charge is 0.268 e. The van der Waals surface area contributed by atoms with Gasteiger partial charge in [0.15, 0.2) is 0 Å². The number of hydrogen-bond donors (Lipinski definition) is 0. The first-order chi connectivity index (χ1) is 12.2. The second-order valence-electron chi connectivity index (χ2n) is 5.70. The summed E-state index contributed by atoms with van der Waals surface area (Å²) in [5.41, 5.74) is 4.19. The molecule has 0 spiro atoms. The molecule has 25 heavy (non-hydrogen) atoms. The van der Waals surface area contributed by atoms with E-state index in [2.05, 4.69) is 53.0 Å². The van der Waals surface area contributed by atoms with Gasteiger partial charge in [0, 0.05) is 18.0 Å². The molecule has 0 aliphatic carbocycles. The molecular weight excluding hydrogens is 334 g/mol. The van der Waals surface area contributed by atoms with Gasteiger partial charge < -0.3 is 0 Å². The van der Waals surface area contributed by atoms with E-state index in [9.17, 15) is 0 Å². The minimum Gasteiger partial charge on any atom is -0.268 e. The lowest BCUT2D eigenvalue weighted by molar-refractivity contribution is 0.458. The molecule has 0 saturated carbocycles.